The molecule has 0 spiro atoms. The van der Waals surface area contributed by atoms with Crippen LogP contribution in [0.2, 0.25) is 0 Å². The van der Waals surface area contributed by atoms with Gasteiger partial charge in [-0.2, -0.15) is 5.26 Å². The minimum atomic E-state index is -0.437. The number of hydrogen-bond donors (Lipinski definition) is 2. The van der Waals surface area contributed by atoms with Crippen molar-refractivity contribution in [3.63, 3.8) is 0 Å². The van der Waals surface area contributed by atoms with Gasteiger partial charge in [-0.1, -0.05) is 26.0 Å². The van der Waals surface area contributed by atoms with Gasteiger partial charge in [0, 0.05) is 21.1 Å². The summed E-state index contributed by atoms with van der Waals surface area (Å²) in [6.07, 6.45) is 1.42. The van der Waals surface area contributed by atoms with E-state index in [9.17, 15) is 10.1 Å². The molecule has 2 N–H and O–H groups in total. The average molecular weight is 431 g/mol. The number of nitrogens with one attached hydrogen (secondary N) is 2. The van der Waals surface area contributed by atoms with Crippen molar-refractivity contribution in [1.29, 1.82) is 5.26 Å². The van der Waals surface area contributed by atoms with Crippen LogP contribution in [0.4, 0.5) is 11.4 Å². The highest BCUT2D eigenvalue weighted by molar-refractivity contribution is 14.1. The van der Waals surface area contributed by atoms with Crippen LogP contribution in [0.15, 0.2) is 60.3 Å². The molecule has 0 saturated carbocycles. The van der Waals surface area contributed by atoms with Crippen LogP contribution in [0.5, 0.6) is 0 Å². The first-order valence-corrected chi connectivity index (χ1v) is 8.61. The Morgan fingerprint density at radius 2 is 1.67 bits per heavy atom. The molecule has 0 atom stereocenters. The number of halogens is 1. The number of carbonyl (C=O) groups excluding carboxylic acids is 1. The van der Waals surface area contributed by atoms with E-state index in [0.29, 0.717) is 11.6 Å². The van der Waals surface area contributed by atoms with Gasteiger partial charge in [0.2, 0.25) is 0 Å². The van der Waals surface area contributed by atoms with Gasteiger partial charge in [0.25, 0.3) is 5.91 Å². The van der Waals surface area contributed by atoms with Gasteiger partial charge in [0.15, 0.2) is 0 Å². The lowest BCUT2D eigenvalue weighted by molar-refractivity contribution is -0.112. The van der Waals surface area contributed by atoms with Gasteiger partial charge in [-0.05, 0) is 70.5 Å². The second kappa shape index (κ2) is 8.50. The highest BCUT2D eigenvalue weighted by Gasteiger charge is 2.09. The summed E-state index contributed by atoms with van der Waals surface area (Å²) >= 11 is 2.22. The van der Waals surface area contributed by atoms with Gasteiger partial charge in [-0.15, -0.1) is 0 Å². The molecule has 0 aromatic heterocycles. The SMILES string of the molecule is CC(C)c1ccc(NC(=O)/C(C#N)=C\Nc2ccc(I)cc2)cc1. The molecule has 0 heterocycles. The summed E-state index contributed by atoms with van der Waals surface area (Å²) in [5.74, 6) is -0.00439. The second-order valence-corrected chi connectivity index (χ2v) is 6.80. The molecule has 2 aromatic carbocycles. The van der Waals surface area contributed by atoms with Gasteiger partial charge in [0.1, 0.15) is 11.6 Å². The zero-order valence-electron chi connectivity index (χ0n) is 13.5. The van der Waals surface area contributed by atoms with E-state index < -0.39 is 5.91 Å². The molecule has 0 unspecified atom stereocenters. The van der Waals surface area contributed by atoms with Crippen LogP contribution in [0.1, 0.15) is 25.3 Å². The van der Waals surface area contributed by atoms with Crippen molar-refractivity contribution >= 4 is 39.9 Å². The quantitative estimate of drug-likeness (QED) is 0.403. The zero-order chi connectivity index (χ0) is 17.5. The van der Waals surface area contributed by atoms with E-state index in [1.807, 2.05) is 54.6 Å². The normalized spacial score (nSPS) is 11.0. The summed E-state index contributed by atoms with van der Waals surface area (Å²) in [5, 5.41) is 14.9. The molecule has 0 fully saturated rings. The van der Waals surface area contributed by atoms with Crippen LogP contribution in [-0.4, -0.2) is 5.91 Å². The fraction of sp³-hybridized carbons (Fsp3) is 0.158. The Morgan fingerprint density at radius 1 is 1.08 bits per heavy atom. The highest BCUT2D eigenvalue weighted by Crippen LogP contribution is 2.17. The third kappa shape index (κ3) is 5.10. The van der Waals surface area contributed by atoms with E-state index in [0.717, 1.165) is 9.26 Å². The number of nitrogens with zero attached hydrogens (tertiary/aromatic N) is 1. The first-order chi connectivity index (χ1) is 11.5. The van der Waals surface area contributed by atoms with Crippen molar-refractivity contribution in [2.24, 2.45) is 0 Å². The van der Waals surface area contributed by atoms with E-state index in [1.54, 1.807) is 0 Å². The number of anilines is 2. The van der Waals surface area contributed by atoms with Crippen LogP contribution in [0, 0.1) is 14.9 Å². The van der Waals surface area contributed by atoms with Crippen molar-refractivity contribution in [1.82, 2.24) is 0 Å². The molecule has 0 radical (unpaired) electrons. The summed E-state index contributed by atoms with van der Waals surface area (Å²) in [7, 11) is 0. The molecule has 2 rings (SSSR count). The molecule has 0 aliphatic carbocycles. The first-order valence-electron chi connectivity index (χ1n) is 7.53. The maximum absolute atomic E-state index is 12.2. The van der Waals surface area contributed by atoms with Gasteiger partial charge < -0.3 is 10.6 Å². The van der Waals surface area contributed by atoms with Crippen molar-refractivity contribution in [2.45, 2.75) is 19.8 Å². The van der Waals surface area contributed by atoms with Crippen LogP contribution in [0.3, 0.4) is 0 Å². The predicted molar refractivity (Wildman–Crippen MR) is 106 cm³/mol. The fourth-order valence-corrected chi connectivity index (χ4v) is 2.36. The zero-order valence-corrected chi connectivity index (χ0v) is 15.7. The lowest BCUT2D eigenvalue weighted by Crippen LogP contribution is -2.14. The van der Waals surface area contributed by atoms with Gasteiger partial charge in [-0.3, -0.25) is 4.79 Å². The smallest absolute Gasteiger partial charge is 0.267 e. The molecule has 0 aliphatic heterocycles. The standard InChI is InChI=1S/C19H18IN3O/c1-13(2)14-3-7-18(8-4-14)23-19(24)15(11-21)12-22-17-9-5-16(20)6-10-17/h3-10,12-13,22H,1-2H3,(H,23,24)/b15-12-. The number of nitriles is 1. The Kier molecular flexibility index (Phi) is 6.38. The average Bonchev–Trinajstić information content (AvgIpc) is 2.57. The molecule has 2 aromatic rings. The lowest BCUT2D eigenvalue weighted by Gasteiger charge is -2.08. The van der Waals surface area contributed by atoms with Crippen LogP contribution >= 0.6 is 22.6 Å². The molecular weight excluding hydrogens is 413 g/mol. The minimum Gasteiger partial charge on any atom is -0.360 e. The maximum atomic E-state index is 12.2. The third-order valence-corrected chi connectivity index (χ3v) is 4.15. The number of carbonyl (C=O) groups is 1. The molecular formula is C19H18IN3O. The lowest BCUT2D eigenvalue weighted by atomic mass is 10.0. The molecule has 0 aliphatic rings. The Morgan fingerprint density at radius 3 is 2.21 bits per heavy atom. The van der Waals surface area contributed by atoms with E-state index in [1.165, 1.54) is 11.8 Å². The van der Waals surface area contributed by atoms with Gasteiger partial charge in [-0.25, -0.2) is 0 Å². The second-order valence-electron chi connectivity index (χ2n) is 5.55. The van der Waals surface area contributed by atoms with E-state index in [-0.39, 0.29) is 5.57 Å². The van der Waals surface area contributed by atoms with Crippen molar-refractivity contribution in [3.05, 3.63) is 69.4 Å². The van der Waals surface area contributed by atoms with Crippen molar-refractivity contribution in [2.75, 3.05) is 10.6 Å². The summed E-state index contributed by atoms with van der Waals surface area (Å²) in [6, 6.07) is 17.2. The number of rotatable bonds is 5. The van der Waals surface area contributed by atoms with E-state index in [4.69, 9.17) is 0 Å². The molecule has 0 bridgehead atoms. The third-order valence-electron chi connectivity index (χ3n) is 3.43. The highest BCUT2D eigenvalue weighted by atomic mass is 127. The monoisotopic (exact) mass is 431 g/mol. The molecule has 4 nitrogen and oxygen atoms in total. The first kappa shape index (κ1) is 18.0. The van der Waals surface area contributed by atoms with Crippen LogP contribution in [-0.2, 0) is 4.79 Å². The fourth-order valence-electron chi connectivity index (χ4n) is 2.00. The molecule has 1 amide bonds. The van der Waals surface area contributed by atoms with Crippen molar-refractivity contribution in [3.8, 4) is 6.07 Å². The Balaban J connectivity index is 2.04. The topological polar surface area (TPSA) is 64.9 Å². The molecule has 5 heteroatoms. The summed E-state index contributed by atoms with van der Waals surface area (Å²) in [6.45, 7) is 4.22. The van der Waals surface area contributed by atoms with E-state index >= 15 is 0 Å². The Labute approximate surface area is 155 Å². The minimum absolute atomic E-state index is 0.0153. The molecule has 24 heavy (non-hydrogen) atoms. The van der Waals surface area contributed by atoms with Crippen LogP contribution in [0.25, 0.3) is 0 Å². The van der Waals surface area contributed by atoms with Crippen LogP contribution < -0.4 is 10.6 Å². The van der Waals surface area contributed by atoms with E-state index in [2.05, 4.69) is 47.1 Å². The molecule has 0 saturated heterocycles. The largest absolute Gasteiger partial charge is 0.360 e. The molecule has 122 valence electrons. The number of hydrogen-bond acceptors (Lipinski definition) is 3. The van der Waals surface area contributed by atoms with Gasteiger partial charge >= 0.3 is 0 Å². The van der Waals surface area contributed by atoms with Crippen molar-refractivity contribution < 1.29 is 4.79 Å². The summed E-state index contributed by atoms with van der Waals surface area (Å²) < 4.78 is 1.12. The number of benzene rings is 2. The summed E-state index contributed by atoms with van der Waals surface area (Å²) in [5.41, 5.74) is 2.70. The predicted octanol–water partition coefficient (Wildman–Crippen LogP) is 4.87. The summed E-state index contributed by atoms with van der Waals surface area (Å²) in [4.78, 5) is 12.2. The number of amides is 1. The van der Waals surface area contributed by atoms with Gasteiger partial charge in [0.05, 0.1) is 0 Å². The Bertz CT molecular complexity index is 772. The Hall–Kier alpha value is -2.33. The maximum Gasteiger partial charge on any atom is 0.267 e.